The van der Waals surface area contributed by atoms with Gasteiger partial charge in [-0.1, -0.05) is 12.1 Å². The van der Waals surface area contributed by atoms with Crippen LogP contribution in [0, 0.1) is 0 Å². The quantitative estimate of drug-likeness (QED) is 0.590. The Labute approximate surface area is 70.3 Å². The Kier molecular flexibility index (Phi) is 1.50. The van der Waals surface area contributed by atoms with Crippen molar-refractivity contribution < 1.29 is 9.53 Å². The molecule has 1 aromatic rings. The second-order valence-electron chi connectivity index (χ2n) is 2.74. The van der Waals surface area contributed by atoms with Crippen molar-refractivity contribution in [1.82, 2.24) is 0 Å². The lowest BCUT2D eigenvalue weighted by Crippen LogP contribution is -2.29. The van der Waals surface area contributed by atoms with Crippen molar-refractivity contribution in [2.75, 3.05) is 5.32 Å². The van der Waals surface area contributed by atoms with E-state index in [1.54, 1.807) is 13.0 Å². The van der Waals surface area contributed by atoms with Crippen molar-refractivity contribution in [3.05, 3.63) is 29.8 Å². The Morgan fingerprint density at radius 1 is 1.42 bits per heavy atom. The summed E-state index contributed by atoms with van der Waals surface area (Å²) in [5.74, 6) is -0.253. The number of rotatable bonds is 0. The molecule has 0 aromatic heterocycles. The molecule has 3 heteroatoms. The van der Waals surface area contributed by atoms with Gasteiger partial charge in [-0.05, 0) is 19.1 Å². The van der Waals surface area contributed by atoms with E-state index in [-0.39, 0.29) is 12.2 Å². The molecule has 0 bridgehead atoms. The molecule has 0 spiro atoms. The number of benzene rings is 1. The first-order valence-corrected chi connectivity index (χ1v) is 3.84. The lowest BCUT2D eigenvalue weighted by molar-refractivity contribution is 0.0370. The summed E-state index contributed by atoms with van der Waals surface area (Å²) in [5.41, 5.74) is 1.46. The number of nitrogens with one attached hydrogen (secondary N) is 1. The van der Waals surface area contributed by atoms with Gasteiger partial charge in [-0.15, -0.1) is 0 Å². The lowest BCUT2D eigenvalue weighted by atomic mass is 10.1. The molecule has 1 aromatic carbocycles. The van der Waals surface area contributed by atoms with Gasteiger partial charge in [0.05, 0.1) is 11.3 Å². The first-order valence-electron chi connectivity index (χ1n) is 3.84. The number of para-hydroxylation sites is 1. The molecule has 0 saturated heterocycles. The molecule has 12 heavy (non-hydrogen) atoms. The van der Waals surface area contributed by atoms with Gasteiger partial charge in [-0.3, -0.25) is 0 Å². The minimum Gasteiger partial charge on any atom is -0.438 e. The van der Waals surface area contributed by atoms with E-state index in [2.05, 4.69) is 5.32 Å². The molecule has 1 atom stereocenters. The number of hydrogen-bond donors (Lipinski definition) is 1. The zero-order valence-electron chi connectivity index (χ0n) is 6.70. The maximum Gasteiger partial charge on any atom is 0.342 e. The third kappa shape index (κ3) is 1.03. The van der Waals surface area contributed by atoms with Crippen molar-refractivity contribution in [3.8, 4) is 0 Å². The summed E-state index contributed by atoms with van der Waals surface area (Å²) in [6.07, 6.45) is -0.229. The van der Waals surface area contributed by atoms with Gasteiger partial charge in [0.15, 0.2) is 6.23 Å². The van der Waals surface area contributed by atoms with Crippen molar-refractivity contribution in [2.45, 2.75) is 13.2 Å². The maximum absolute atomic E-state index is 11.2. The molecular weight excluding hydrogens is 154 g/mol. The van der Waals surface area contributed by atoms with Crippen LogP contribution in [0.1, 0.15) is 17.3 Å². The van der Waals surface area contributed by atoms with Crippen LogP contribution in [0.3, 0.4) is 0 Å². The maximum atomic E-state index is 11.2. The number of carbonyl (C=O) groups excluding carboxylic acids is 1. The molecule has 2 rings (SSSR count). The van der Waals surface area contributed by atoms with Gasteiger partial charge in [0.2, 0.25) is 0 Å². The van der Waals surface area contributed by atoms with Crippen LogP contribution in [0.2, 0.25) is 0 Å². The van der Waals surface area contributed by atoms with Gasteiger partial charge in [-0.2, -0.15) is 0 Å². The minimum atomic E-state index is -0.253. The van der Waals surface area contributed by atoms with E-state index in [4.69, 9.17) is 4.74 Å². The molecule has 1 aliphatic rings. The standard InChI is InChI=1S/C9H9NO2/c1-6-10-8-5-3-2-4-7(8)9(11)12-6/h2-6,10H,1H3/t6-/m0/s1. The minimum absolute atomic E-state index is 0.229. The van der Waals surface area contributed by atoms with Crippen LogP contribution in [0.25, 0.3) is 0 Å². The van der Waals surface area contributed by atoms with Gasteiger partial charge in [0.1, 0.15) is 0 Å². The highest BCUT2D eigenvalue weighted by atomic mass is 16.6. The molecule has 0 amide bonds. The fourth-order valence-corrected chi connectivity index (χ4v) is 1.26. The summed E-state index contributed by atoms with van der Waals surface area (Å²) in [7, 11) is 0. The predicted molar refractivity (Wildman–Crippen MR) is 44.9 cm³/mol. The van der Waals surface area contributed by atoms with Gasteiger partial charge in [-0.25, -0.2) is 4.79 Å². The third-order valence-corrected chi connectivity index (χ3v) is 1.79. The lowest BCUT2D eigenvalue weighted by Gasteiger charge is -2.23. The summed E-state index contributed by atoms with van der Waals surface area (Å²) >= 11 is 0. The first-order chi connectivity index (χ1) is 5.77. The monoisotopic (exact) mass is 163 g/mol. The smallest absolute Gasteiger partial charge is 0.342 e. The second kappa shape index (κ2) is 2.52. The van der Waals surface area contributed by atoms with E-state index in [9.17, 15) is 4.79 Å². The van der Waals surface area contributed by atoms with Crippen molar-refractivity contribution in [1.29, 1.82) is 0 Å². The van der Waals surface area contributed by atoms with Gasteiger partial charge in [0.25, 0.3) is 0 Å². The molecule has 0 fully saturated rings. The van der Waals surface area contributed by atoms with E-state index >= 15 is 0 Å². The average molecular weight is 163 g/mol. The number of esters is 1. The average Bonchev–Trinajstić information content (AvgIpc) is 2.04. The SMILES string of the molecule is C[C@H]1Nc2ccccc2C(=O)O1. The van der Waals surface area contributed by atoms with Gasteiger partial charge in [0, 0.05) is 0 Å². The normalized spacial score (nSPS) is 20.8. The Morgan fingerprint density at radius 3 is 3.00 bits per heavy atom. The van der Waals surface area contributed by atoms with E-state index in [0.29, 0.717) is 5.56 Å². The Bertz CT molecular complexity index is 322. The van der Waals surface area contributed by atoms with E-state index in [1.165, 1.54) is 0 Å². The van der Waals surface area contributed by atoms with Crippen LogP contribution in [-0.4, -0.2) is 12.2 Å². The highest BCUT2D eigenvalue weighted by Gasteiger charge is 2.21. The van der Waals surface area contributed by atoms with Crippen LogP contribution in [0.5, 0.6) is 0 Å². The van der Waals surface area contributed by atoms with Crippen LogP contribution in [0.15, 0.2) is 24.3 Å². The van der Waals surface area contributed by atoms with Crippen molar-refractivity contribution in [3.63, 3.8) is 0 Å². The van der Waals surface area contributed by atoms with Crippen molar-refractivity contribution in [2.24, 2.45) is 0 Å². The molecule has 0 aliphatic carbocycles. The number of carbonyl (C=O) groups is 1. The summed E-state index contributed by atoms with van der Waals surface area (Å²) < 4.78 is 4.96. The highest BCUT2D eigenvalue weighted by molar-refractivity contribution is 5.97. The fourth-order valence-electron chi connectivity index (χ4n) is 1.26. The predicted octanol–water partition coefficient (Wildman–Crippen LogP) is 1.61. The number of ether oxygens (including phenoxy) is 1. The Hall–Kier alpha value is -1.51. The van der Waals surface area contributed by atoms with E-state index in [0.717, 1.165) is 5.69 Å². The zero-order chi connectivity index (χ0) is 8.55. The van der Waals surface area contributed by atoms with Crippen LogP contribution >= 0.6 is 0 Å². The topological polar surface area (TPSA) is 38.3 Å². The molecule has 0 unspecified atom stereocenters. The molecule has 62 valence electrons. The summed E-state index contributed by atoms with van der Waals surface area (Å²) in [5, 5.41) is 3.05. The van der Waals surface area contributed by atoms with Crippen molar-refractivity contribution >= 4 is 11.7 Å². The molecular formula is C9H9NO2. The number of anilines is 1. The number of hydrogen-bond acceptors (Lipinski definition) is 3. The molecule has 0 saturated carbocycles. The molecule has 3 nitrogen and oxygen atoms in total. The summed E-state index contributed by atoms with van der Waals surface area (Å²) in [6.45, 7) is 1.80. The third-order valence-electron chi connectivity index (χ3n) is 1.79. The Morgan fingerprint density at radius 2 is 2.17 bits per heavy atom. The Balaban J connectivity index is 2.47. The summed E-state index contributed by atoms with van der Waals surface area (Å²) in [4.78, 5) is 11.2. The fraction of sp³-hybridized carbons (Fsp3) is 0.222. The highest BCUT2D eigenvalue weighted by Crippen LogP contribution is 2.21. The number of cyclic esters (lactones) is 1. The first kappa shape index (κ1) is 7.16. The zero-order valence-corrected chi connectivity index (χ0v) is 6.70. The van der Waals surface area contributed by atoms with Crippen LogP contribution in [-0.2, 0) is 4.74 Å². The molecule has 1 N–H and O–H groups in total. The largest absolute Gasteiger partial charge is 0.438 e. The van der Waals surface area contributed by atoms with E-state index in [1.807, 2.05) is 18.2 Å². The number of fused-ring (bicyclic) bond motifs is 1. The molecule has 0 radical (unpaired) electrons. The summed E-state index contributed by atoms with van der Waals surface area (Å²) in [6, 6.07) is 7.32. The van der Waals surface area contributed by atoms with Gasteiger partial charge >= 0.3 is 5.97 Å². The van der Waals surface area contributed by atoms with E-state index < -0.39 is 0 Å². The molecule has 1 heterocycles. The second-order valence-corrected chi connectivity index (χ2v) is 2.74. The van der Waals surface area contributed by atoms with Gasteiger partial charge < -0.3 is 10.1 Å². The van der Waals surface area contributed by atoms with Crippen LogP contribution < -0.4 is 5.32 Å². The molecule has 1 aliphatic heterocycles. The van der Waals surface area contributed by atoms with Crippen LogP contribution in [0.4, 0.5) is 5.69 Å².